The van der Waals surface area contributed by atoms with E-state index in [1.807, 2.05) is 0 Å². The molecule has 0 unspecified atom stereocenters. The lowest BCUT2D eigenvalue weighted by Gasteiger charge is -2.15. The second kappa shape index (κ2) is 7.54. The fourth-order valence-electron chi connectivity index (χ4n) is 2.21. The zero-order valence-corrected chi connectivity index (χ0v) is 13.8. The first-order valence-electron chi connectivity index (χ1n) is 6.99. The van der Waals surface area contributed by atoms with Gasteiger partial charge < -0.3 is 24.3 Å². The summed E-state index contributed by atoms with van der Waals surface area (Å²) in [4.78, 5) is 12.4. The number of halogens is 1. The van der Waals surface area contributed by atoms with Gasteiger partial charge in [0, 0.05) is 17.8 Å². The molecule has 0 spiro atoms. The molecular formula is C17H18FNO5. The highest BCUT2D eigenvalue weighted by Crippen LogP contribution is 2.40. The lowest BCUT2D eigenvalue weighted by molar-refractivity contribution is 0.102. The summed E-state index contributed by atoms with van der Waals surface area (Å²) in [5.41, 5.74) is 0.479. The van der Waals surface area contributed by atoms with Crippen molar-refractivity contribution >= 4 is 11.6 Å². The third-order valence-electron chi connectivity index (χ3n) is 3.33. The maximum atomic E-state index is 13.4. The van der Waals surface area contributed by atoms with Crippen molar-refractivity contribution in [2.24, 2.45) is 0 Å². The van der Waals surface area contributed by atoms with Gasteiger partial charge in [0.05, 0.1) is 34.0 Å². The highest BCUT2D eigenvalue weighted by Gasteiger charge is 2.17. The molecule has 2 aromatic carbocycles. The molecule has 0 saturated carbocycles. The van der Waals surface area contributed by atoms with Gasteiger partial charge in [0.1, 0.15) is 11.6 Å². The van der Waals surface area contributed by atoms with E-state index in [9.17, 15) is 9.18 Å². The van der Waals surface area contributed by atoms with Crippen LogP contribution in [0.4, 0.5) is 10.1 Å². The number of hydrogen-bond donors (Lipinski definition) is 1. The zero-order chi connectivity index (χ0) is 17.7. The fourth-order valence-corrected chi connectivity index (χ4v) is 2.21. The molecule has 6 nitrogen and oxygen atoms in total. The van der Waals surface area contributed by atoms with Gasteiger partial charge in [0.25, 0.3) is 5.91 Å². The molecule has 0 fully saturated rings. The van der Waals surface area contributed by atoms with E-state index in [0.717, 1.165) is 6.07 Å². The second-order valence-electron chi connectivity index (χ2n) is 4.71. The number of benzene rings is 2. The molecule has 0 aliphatic carbocycles. The predicted octanol–water partition coefficient (Wildman–Crippen LogP) is 3.11. The number of methoxy groups -OCH3 is 4. The van der Waals surface area contributed by atoms with Gasteiger partial charge in [-0.15, -0.1) is 0 Å². The molecular weight excluding hydrogens is 317 g/mol. The smallest absolute Gasteiger partial charge is 0.259 e. The van der Waals surface area contributed by atoms with Gasteiger partial charge in [0.15, 0.2) is 11.5 Å². The third kappa shape index (κ3) is 3.51. The summed E-state index contributed by atoms with van der Waals surface area (Å²) in [7, 11) is 5.83. The van der Waals surface area contributed by atoms with Crippen molar-refractivity contribution in [1.29, 1.82) is 0 Å². The summed E-state index contributed by atoms with van der Waals surface area (Å²) in [5.74, 6) is 0.380. The predicted molar refractivity (Wildman–Crippen MR) is 87.0 cm³/mol. The SMILES string of the molecule is COc1ccc(F)cc1C(=O)Nc1cc(OC)c(OC)c(OC)c1. The molecule has 0 heterocycles. The number of anilines is 1. The molecule has 1 N–H and O–H groups in total. The van der Waals surface area contributed by atoms with E-state index >= 15 is 0 Å². The lowest BCUT2D eigenvalue weighted by Crippen LogP contribution is -2.14. The third-order valence-corrected chi connectivity index (χ3v) is 3.33. The first-order valence-corrected chi connectivity index (χ1v) is 6.99. The Morgan fingerprint density at radius 2 is 1.46 bits per heavy atom. The topological polar surface area (TPSA) is 66.0 Å². The average Bonchev–Trinajstić information content (AvgIpc) is 2.60. The summed E-state index contributed by atoms with van der Waals surface area (Å²) in [6, 6.07) is 6.86. The van der Waals surface area contributed by atoms with Crippen LogP contribution in [0.5, 0.6) is 23.0 Å². The van der Waals surface area contributed by atoms with E-state index in [1.165, 1.54) is 40.6 Å². The van der Waals surface area contributed by atoms with Crippen LogP contribution in [-0.4, -0.2) is 34.3 Å². The normalized spacial score (nSPS) is 10.0. The van der Waals surface area contributed by atoms with Crippen molar-refractivity contribution in [2.45, 2.75) is 0 Å². The summed E-state index contributed by atoms with van der Waals surface area (Å²) in [5, 5.41) is 2.66. The summed E-state index contributed by atoms with van der Waals surface area (Å²) < 4.78 is 34.2. The van der Waals surface area contributed by atoms with Gasteiger partial charge in [-0.25, -0.2) is 4.39 Å². The Labute approximate surface area is 139 Å². The number of hydrogen-bond acceptors (Lipinski definition) is 5. The molecule has 0 aromatic heterocycles. The minimum absolute atomic E-state index is 0.0752. The highest BCUT2D eigenvalue weighted by atomic mass is 19.1. The van der Waals surface area contributed by atoms with Crippen molar-refractivity contribution in [2.75, 3.05) is 33.8 Å². The molecule has 0 bridgehead atoms. The molecule has 7 heteroatoms. The average molecular weight is 335 g/mol. The highest BCUT2D eigenvalue weighted by molar-refractivity contribution is 6.06. The van der Waals surface area contributed by atoms with Crippen LogP contribution in [0, 0.1) is 5.82 Å². The first-order chi connectivity index (χ1) is 11.5. The van der Waals surface area contributed by atoms with Crippen LogP contribution in [0.25, 0.3) is 0 Å². The summed E-state index contributed by atoms with van der Waals surface area (Å²) in [6.45, 7) is 0. The monoisotopic (exact) mass is 335 g/mol. The van der Waals surface area contributed by atoms with Crippen LogP contribution in [0.1, 0.15) is 10.4 Å². The Kier molecular flexibility index (Phi) is 5.47. The van der Waals surface area contributed by atoms with E-state index < -0.39 is 11.7 Å². The number of nitrogens with one attached hydrogen (secondary N) is 1. The zero-order valence-electron chi connectivity index (χ0n) is 13.8. The Hall–Kier alpha value is -2.96. The molecule has 0 atom stereocenters. The van der Waals surface area contributed by atoms with Crippen molar-refractivity contribution in [3.63, 3.8) is 0 Å². The van der Waals surface area contributed by atoms with Gasteiger partial charge in [0.2, 0.25) is 5.75 Å². The van der Waals surface area contributed by atoms with Crippen LogP contribution in [0.2, 0.25) is 0 Å². The van der Waals surface area contributed by atoms with E-state index in [0.29, 0.717) is 22.9 Å². The molecule has 0 saturated heterocycles. The number of amides is 1. The van der Waals surface area contributed by atoms with Crippen LogP contribution < -0.4 is 24.3 Å². The standard InChI is InChI=1S/C17H18FNO5/c1-21-13-6-5-10(18)7-12(13)17(20)19-11-8-14(22-2)16(24-4)15(9-11)23-3/h5-9H,1-4H3,(H,19,20). The van der Waals surface area contributed by atoms with E-state index in [2.05, 4.69) is 5.32 Å². The fraction of sp³-hybridized carbons (Fsp3) is 0.235. The Morgan fingerprint density at radius 3 is 1.96 bits per heavy atom. The molecule has 24 heavy (non-hydrogen) atoms. The largest absolute Gasteiger partial charge is 0.496 e. The van der Waals surface area contributed by atoms with Crippen LogP contribution >= 0.6 is 0 Å². The van der Waals surface area contributed by atoms with E-state index in [-0.39, 0.29) is 11.3 Å². The quantitative estimate of drug-likeness (QED) is 0.879. The van der Waals surface area contributed by atoms with E-state index in [1.54, 1.807) is 12.1 Å². The number of carbonyl (C=O) groups is 1. The Morgan fingerprint density at radius 1 is 0.875 bits per heavy atom. The molecule has 2 aromatic rings. The van der Waals surface area contributed by atoms with E-state index in [4.69, 9.17) is 18.9 Å². The van der Waals surface area contributed by atoms with Gasteiger partial charge in [-0.05, 0) is 18.2 Å². The molecule has 2 rings (SSSR count). The Balaban J connectivity index is 2.37. The molecule has 1 amide bonds. The minimum atomic E-state index is -0.536. The van der Waals surface area contributed by atoms with Crippen LogP contribution in [0.3, 0.4) is 0 Å². The first kappa shape index (κ1) is 17.4. The van der Waals surface area contributed by atoms with Gasteiger partial charge in [-0.1, -0.05) is 0 Å². The maximum Gasteiger partial charge on any atom is 0.259 e. The molecule has 0 radical (unpaired) electrons. The van der Waals surface area contributed by atoms with Crippen LogP contribution in [0.15, 0.2) is 30.3 Å². The summed E-state index contributed by atoms with van der Waals surface area (Å²) >= 11 is 0. The number of carbonyl (C=O) groups excluding carboxylic acids is 1. The van der Waals surface area contributed by atoms with Crippen molar-refractivity contribution in [3.8, 4) is 23.0 Å². The minimum Gasteiger partial charge on any atom is -0.496 e. The molecule has 0 aliphatic rings. The van der Waals surface area contributed by atoms with Crippen molar-refractivity contribution in [3.05, 3.63) is 41.7 Å². The van der Waals surface area contributed by atoms with Gasteiger partial charge in [-0.2, -0.15) is 0 Å². The van der Waals surface area contributed by atoms with Crippen molar-refractivity contribution < 1.29 is 28.1 Å². The lowest BCUT2D eigenvalue weighted by atomic mass is 10.1. The van der Waals surface area contributed by atoms with Crippen LogP contribution in [-0.2, 0) is 0 Å². The molecule has 0 aliphatic heterocycles. The van der Waals surface area contributed by atoms with Gasteiger partial charge in [-0.3, -0.25) is 4.79 Å². The van der Waals surface area contributed by atoms with Crippen molar-refractivity contribution in [1.82, 2.24) is 0 Å². The second-order valence-corrected chi connectivity index (χ2v) is 4.71. The maximum absolute atomic E-state index is 13.4. The molecule has 128 valence electrons. The van der Waals surface area contributed by atoms with Gasteiger partial charge >= 0.3 is 0 Å². The number of ether oxygens (including phenoxy) is 4. The Bertz CT molecular complexity index is 723. The number of rotatable bonds is 6. The summed E-state index contributed by atoms with van der Waals surface area (Å²) in [6.07, 6.45) is 0.